The molecule has 60 valence electrons. The van der Waals surface area contributed by atoms with E-state index in [1.807, 2.05) is 7.05 Å². The van der Waals surface area contributed by atoms with Crippen LogP contribution in [-0.4, -0.2) is 4.57 Å². The molecule has 0 spiro atoms. The standard InChI is InChI=1S/C10H15N/c1-6-10-7(2)8(3)11(5)9(10)4/h2-3,6H2,1,4-5H3. The minimum absolute atomic E-state index is 1.04. The minimum Gasteiger partial charge on any atom is -0.348 e. The summed E-state index contributed by atoms with van der Waals surface area (Å²) in [5, 5.41) is 2.15. The molecule has 0 aromatic carbocycles. The zero-order valence-corrected chi connectivity index (χ0v) is 7.57. The van der Waals surface area contributed by atoms with Crippen LogP contribution in [0.15, 0.2) is 0 Å². The van der Waals surface area contributed by atoms with Crippen LogP contribution in [0.2, 0.25) is 0 Å². The van der Waals surface area contributed by atoms with Crippen LogP contribution in [0.25, 0.3) is 13.2 Å². The summed E-state index contributed by atoms with van der Waals surface area (Å²) in [7, 11) is 2.03. The van der Waals surface area contributed by atoms with E-state index in [4.69, 9.17) is 0 Å². The van der Waals surface area contributed by atoms with Gasteiger partial charge in [0, 0.05) is 18.1 Å². The SMILES string of the molecule is C=c1c(CC)c(C)n(C)c1=C. The van der Waals surface area contributed by atoms with Gasteiger partial charge in [0.1, 0.15) is 0 Å². The molecule has 0 aliphatic carbocycles. The molecule has 1 nitrogen and oxygen atoms in total. The smallest absolute Gasteiger partial charge is 0.0403 e. The maximum absolute atomic E-state index is 3.99. The van der Waals surface area contributed by atoms with Gasteiger partial charge in [0.2, 0.25) is 0 Å². The molecule has 0 saturated carbocycles. The zero-order chi connectivity index (χ0) is 8.59. The molecule has 11 heavy (non-hydrogen) atoms. The molecule has 0 fully saturated rings. The molecule has 1 aromatic rings. The summed E-state index contributed by atoms with van der Waals surface area (Å²) in [5.41, 5.74) is 2.64. The first-order valence-electron chi connectivity index (χ1n) is 3.91. The van der Waals surface area contributed by atoms with Crippen molar-refractivity contribution >= 4 is 13.2 Å². The first-order chi connectivity index (χ1) is 5.09. The molecule has 1 heteroatoms. The van der Waals surface area contributed by atoms with Crippen LogP contribution in [0.5, 0.6) is 0 Å². The Morgan fingerprint density at radius 1 is 1.36 bits per heavy atom. The minimum atomic E-state index is 1.04. The number of hydrogen-bond donors (Lipinski definition) is 0. The predicted octanol–water partition coefficient (Wildman–Crippen LogP) is 0.717. The summed E-state index contributed by atoms with van der Waals surface area (Å²) in [5.74, 6) is 0. The summed E-state index contributed by atoms with van der Waals surface area (Å²) < 4.78 is 2.10. The van der Waals surface area contributed by atoms with E-state index in [-0.39, 0.29) is 0 Å². The predicted molar refractivity (Wildman–Crippen MR) is 49.8 cm³/mol. The van der Waals surface area contributed by atoms with E-state index in [9.17, 15) is 0 Å². The lowest BCUT2D eigenvalue weighted by Crippen LogP contribution is -2.25. The van der Waals surface area contributed by atoms with Gasteiger partial charge in [-0.2, -0.15) is 0 Å². The number of hydrogen-bond acceptors (Lipinski definition) is 0. The molecular weight excluding hydrogens is 134 g/mol. The third kappa shape index (κ3) is 1.01. The lowest BCUT2D eigenvalue weighted by Gasteiger charge is -1.97. The first kappa shape index (κ1) is 8.12. The molecule has 0 unspecified atom stereocenters. The molecule has 1 rings (SSSR count). The Hall–Kier alpha value is -0.980. The van der Waals surface area contributed by atoms with Crippen LogP contribution in [0.1, 0.15) is 18.2 Å². The maximum Gasteiger partial charge on any atom is 0.0403 e. The van der Waals surface area contributed by atoms with E-state index in [1.54, 1.807) is 0 Å². The van der Waals surface area contributed by atoms with Gasteiger partial charge in [-0.25, -0.2) is 0 Å². The fourth-order valence-electron chi connectivity index (χ4n) is 1.47. The average Bonchev–Trinajstić information content (AvgIpc) is 2.17. The van der Waals surface area contributed by atoms with Crippen molar-refractivity contribution in [3.63, 3.8) is 0 Å². The maximum atomic E-state index is 3.99. The summed E-state index contributed by atoms with van der Waals surface area (Å²) in [4.78, 5) is 0. The monoisotopic (exact) mass is 149 g/mol. The normalized spacial score (nSPS) is 10.5. The highest BCUT2D eigenvalue weighted by atomic mass is 14.9. The Kier molecular flexibility index (Phi) is 1.90. The molecule has 1 heterocycles. The molecule has 0 bridgehead atoms. The quantitative estimate of drug-likeness (QED) is 0.554. The highest BCUT2D eigenvalue weighted by molar-refractivity contribution is 5.28. The van der Waals surface area contributed by atoms with Gasteiger partial charge in [0.05, 0.1) is 0 Å². The van der Waals surface area contributed by atoms with Crippen molar-refractivity contribution in [1.29, 1.82) is 0 Å². The van der Waals surface area contributed by atoms with Crippen molar-refractivity contribution in [2.75, 3.05) is 0 Å². The first-order valence-corrected chi connectivity index (χ1v) is 3.91. The summed E-state index contributed by atoms with van der Waals surface area (Å²) in [6.45, 7) is 12.2. The number of aromatic nitrogens is 1. The Morgan fingerprint density at radius 2 is 1.91 bits per heavy atom. The zero-order valence-electron chi connectivity index (χ0n) is 7.57. The second-order valence-corrected chi connectivity index (χ2v) is 2.90. The fourth-order valence-corrected chi connectivity index (χ4v) is 1.47. The Balaban J connectivity index is 3.62. The van der Waals surface area contributed by atoms with Crippen molar-refractivity contribution < 1.29 is 0 Å². The lowest BCUT2D eigenvalue weighted by atomic mass is 10.2. The van der Waals surface area contributed by atoms with Gasteiger partial charge in [0.15, 0.2) is 0 Å². The Morgan fingerprint density at radius 3 is 2.09 bits per heavy atom. The van der Waals surface area contributed by atoms with Crippen LogP contribution >= 0.6 is 0 Å². The Labute approximate surface area is 67.7 Å². The summed E-state index contributed by atoms with van der Waals surface area (Å²) >= 11 is 0. The van der Waals surface area contributed by atoms with Crippen LogP contribution in [0.3, 0.4) is 0 Å². The van der Waals surface area contributed by atoms with Crippen molar-refractivity contribution in [3.05, 3.63) is 21.8 Å². The molecule has 0 atom stereocenters. The topological polar surface area (TPSA) is 4.93 Å². The number of rotatable bonds is 1. The van der Waals surface area contributed by atoms with E-state index in [0.717, 1.165) is 17.0 Å². The van der Waals surface area contributed by atoms with Gasteiger partial charge in [0.25, 0.3) is 0 Å². The second kappa shape index (κ2) is 2.57. The molecule has 0 saturated heterocycles. The lowest BCUT2D eigenvalue weighted by molar-refractivity contribution is 0.843. The van der Waals surface area contributed by atoms with Gasteiger partial charge >= 0.3 is 0 Å². The van der Waals surface area contributed by atoms with Crippen LogP contribution < -0.4 is 10.6 Å². The van der Waals surface area contributed by atoms with Crippen molar-refractivity contribution in [2.45, 2.75) is 20.3 Å². The van der Waals surface area contributed by atoms with Gasteiger partial charge in [-0.05, 0) is 24.1 Å². The molecule has 1 aromatic heterocycles. The largest absolute Gasteiger partial charge is 0.348 e. The van der Waals surface area contributed by atoms with Crippen LogP contribution in [-0.2, 0) is 13.5 Å². The molecule has 0 radical (unpaired) electrons. The molecular formula is C10H15N. The van der Waals surface area contributed by atoms with Gasteiger partial charge in [-0.1, -0.05) is 20.1 Å². The van der Waals surface area contributed by atoms with E-state index in [0.29, 0.717) is 0 Å². The van der Waals surface area contributed by atoms with Gasteiger partial charge < -0.3 is 4.57 Å². The van der Waals surface area contributed by atoms with Crippen molar-refractivity contribution in [3.8, 4) is 0 Å². The van der Waals surface area contributed by atoms with Crippen molar-refractivity contribution in [2.24, 2.45) is 7.05 Å². The van der Waals surface area contributed by atoms with E-state index in [2.05, 4.69) is 31.6 Å². The molecule has 0 aliphatic heterocycles. The fraction of sp³-hybridized carbons (Fsp3) is 0.400. The summed E-state index contributed by atoms with van der Waals surface area (Å²) in [6.07, 6.45) is 1.05. The van der Waals surface area contributed by atoms with E-state index >= 15 is 0 Å². The highest BCUT2D eigenvalue weighted by Crippen LogP contribution is 1.98. The molecule has 0 amide bonds. The average molecular weight is 149 g/mol. The van der Waals surface area contributed by atoms with Gasteiger partial charge in [-0.15, -0.1) is 0 Å². The van der Waals surface area contributed by atoms with Gasteiger partial charge in [-0.3, -0.25) is 0 Å². The Bertz CT molecular complexity index is 357. The second-order valence-electron chi connectivity index (χ2n) is 2.90. The summed E-state index contributed by atoms with van der Waals surface area (Å²) in [6, 6.07) is 0. The van der Waals surface area contributed by atoms with Crippen LogP contribution in [0.4, 0.5) is 0 Å². The highest BCUT2D eigenvalue weighted by Gasteiger charge is 2.02. The van der Waals surface area contributed by atoms with E-state index in [1.165, 1.54) is 11.3 Å². The third-order valence-corrected chi connectivity index (χ3v) is 2.41. The van der Waals surface area contributed by atoms with Crippen LogP contribution in [0, 0.1) is 6.92 Å². The number of nitrogens with zero attached hydrogens (tertiary/aromatic N) is 1. The third-order valence-electron chi connectivity index (χ3n) is 2.41. The van der Waals surface area contributed by atoms with Crippen molar-refractivity contribution in [1.82, 2.24) is 4.57 Å². The molecule has 0 N–H and O–H groups in total. The molecule has 0 aliphatic rings. The van der Waals surface area contributed by atoms with E-state index < -0.39 is 0 Å².